The number of benzene rings is 1. The number of rotatable bonds is 2. The van der Waals surface area contributed by atoms with Gasteiger partial charge in [0, 0.05) is 17.5 Å². The number of halogens is 3. The number of hydrogen-bond donors (Lipinski definition) is 1. The van der Waals surface area contributed by atoms with E-state index in [1.54, 1.807) is 6.07 Å². The highest BCUT2D eigenvalue weighted by molar-refractivity contribution is 5.58. The van der Waals surface area contributed by atoms with E-state index >= 15 is 0 Å². The second-order valence-electron chi connectivity index (χ2n) is 4.78. The second-order valence-corrected chi connectivity index (χ2v) is 4.78. The summed E-state index contributed by atoms with van der Waals surface area (Å²) in [6.45, 7) is 0. The molecule has 2 nitrogen and oxygen atoms in total. The highest BCUT2D eigenvalue weighted by Crippen LogP contribution is 2.41. The average molecular weight is 267 g/mol. The van der Waals surface area contributed by atoms with Gasteiger partial charge in [0.25, 0.3) is 0 Å². The van der Waals surface area contributed by atoms with Crippen molar-refractivity contribution in [3.05, 3.63) is 47.7 Å². The molecule has 19 heavy (non-hydrogen) atoms. The Bertz CT molecular complexity index is 585. The maximum absolute atomic E-state index is 12.4. The minimum Gasteiger partial charge on any atom is -0.461 e. The molecule has 0 saturated heterocycles. The monoisotopic (exact) mass is 267 g/mol. The molecule has 1 saturated carbocycles. The van der Waals surface area contributed by atoms with E-state index in [2.05, 4.69) is 0 Å². The quantitative estimate of drug-likeness (QED) is 0.899. The molecule has 0 aliphatic heterocycles. The molecule has 3 rings (SSSR count). The predicted octanol–water partition coefficient (Wildman–Crippen LogP) is 3.78. The standard InChI is InChI=1S/C14H12F3NO/c15-14(16,17)9-3-1-8(2-4-9)12-5-6-13(19-12)10-7-11(10)18/h1-6,10-11H,7,18H2/t10-,11+/m1/s1. The molecule has 1 fully saturated rings. The van der Waals surface area contributed by atoms with E-state index < -0.39 is 11.7 Å². The van der Waals surface area contributed by atoms with Gasteiger partial charge in [0.15, 0.2) is 0 Å². The van der Waals surface area contributed by atoms with E-state index in [9.17, 15) is 13.2 Å². The summed E-state index contributed by atoms with van der Waals surface area (Å²) in [7, 11) is 0. The molecule has 0 unspecified atom stereocenters. The molecule has 2 N–H and O–H groups in total. The Morgan fingerprint density at radius 3 is 2.21 bits per heavy atom. The fourth-order valence-corrected chi connectivity index (χ4v) is 2.07. The Morgan fingerprint density at radius 1 is 1.05 bits per heavy atom. The van der Waals surface area contributed by atoms with Gasteiger partial charge in [0.2, 0.25) is 0 Å². The molecule has 2 atom stereocenters. The van der Waals surface area contributed by atoms with Gasteiger partial charge in [-0.1, -0.05) is 12.1 Å². The van der Waals surface area contributed by atoms with Crippen LogP contribution in [0.25, 0.3) is 11.3 Å². The van der Waals surface area contributed by atoms with Gasteiger partial charge < -0.3 is 10.2 Å². The lowest BCUT2D eigenvalue weighted by atomic mass is 10.1. The number of hydrogen-bond acceptors (Lipinski definition) is 2. The van der Waals surface area contributed by atoms with E-state index in [0.29, 0.717) is 11.3 Å². The summed E-state index contributed by atoms with van der Waals surface area (Å²) >= 11 is 0. The smallest absolute Gasteiger partial charge is 0.416 e. The zero-order chi connectivity index (χ0) is 13.6. The third-order valence-electron chi connectivity index (χ3n) is 3.33. The molecule has 5 heteroatoms. The normalized spacial score (nSPS) is 22.5. The molecule has 0 amide bonds. The first-order valence-electron chi connectivity index (χ1n) is 5.98. The fraction of sp³-hybridized carbons (Fsp3) is 0.286. The van der Waals surface area contributed by atoms with E-state index in [4.69, 9.17) is 10.2 Å². The van der Waals surface area contributed by atoms with Crippen molar-refractivity contribution >= 4 is 0 Å². The number of alkyl halides is 3. The Hall–Kier alpha value is -1.75. The summed E-state index contributed by atoms with van der Waals surface area (Å²) in [5, 5.41) is 0. The van der Waals surface area contributed by atoms with Crippen molar-refractivity contribution < 1.29 is 17.6 Å². The van der Waals surface area contributed by atoms with Crippen molar-refractivity contribution in [3.8, 4) is 11.3 Å². The van der Waals surface area contributed by atoms with Crippen LogP contribution in [0.2, 0.25) is 0 Å². The molecule has 100 valence electrons. The summed E-state index contributed by atoms with van der Waals surface area (Å²) in [5.74, 6) is 1.63. The van der Waals surface area contributed by atoms with Gasteiger partial charge in [-0.2, -0.15) is 13.2 Å². The van der Waals surface area contributed by atoms with Crippen LogP contribution < -0.4 is 5.73 Å². The molecule has 0 spiro atoms. The second kappa shape index (κ2) is 4.13. The molecular formula is C14H12F3NO. The van der Waals surface area contributed by atoms with Gasteiger partial charge in [-0.3, -0.25) is 0 Å². The van der Waals surface area contributed by atoms with E-state index in [0.717, 1.165) is 24.3 Å². The zero-order valence-corrected chi connectivity index (χ0v) is 9.95. The maximum atomic E-state index is 12.4. The number of nitrogens with two attached hydrogens (primary N) is 1. The molecule has 1 heterocycles. The minimum absolute atomic E-state index is 0.145. The summed E-state index contributed by atoms with van der Waals surface area (Å²) in [5.41, 5.74) is 5.70. The van der Waals surface area contributed by atoms with Crippen LogP contribution in [-0.2, 0) is 6.18 Å². The molecule has 0 bridgehead atoms. The van der Waals surface area contributed by atoms with Crippen LogP contribution in [0.4, 0.5) is 13.2 Å². The summed E-state index contributed by atoms with van der Waals surface area (Å²) in [4.78, 5) is 0. The van der Waals surface area contributed by atoms with Crippen LogP contribution in [0.1, 0.15) is 23.7 Å². The fourth-order valence-electron chi connectivity index (χ4n) is 2.07. The lowest BCUT2D eigenvalue weighted by Crippen LogP contribution is -2.03. The molecule has 0 radical (unpaired) electrons. The molecule has 1 aromatic carbocycles. The summed E-state index contributed by atoms with van der Waals surface area (Å²) in [6.07, 6.45) is -3.41. The third kappa shape index (κ3) is 2.38. The highest BCUT2D eigenvalue weighted by atomic mass is 19.4. The average Bonchev–Trinajstić information content (AvgIpc) is 2.91. The van der Waals surface area contributed by atoms with Crippen molar-refractivity contribution in [2.75, 3.05) is 0 Å². The predicted molar refractivity (Wildman–Crippen MR) is 64.5 cm³/mol. The SMILES string of the molecule is N[C@H]1C[C@H]1c1ccc(-c2ccc(C(F)(F)F)cc2)o1. The number of furan rings is 1. The van der Waals surface area contributed by atoms with Crippen LogP contribution >= 0.6 is 0 Å². The van der Waals surface area contributed by atoms with Crippen molar-refractivity contribution in [1.29, 1.82) is 0 Å². The molecular weight excluding hydrogens is 255 g/mol. The molecule has 1 aliphatic rings. The van der Waals surface area contributed by atoms with Crippen LogP contribution in [0.3, 0.4) is 0 Å². The summed E-state index contributed by atoms with van der Waals surface area (Å²) < 4.78 is 43.0. The maximum Gasteiger partial charge on any atom is 0.416 e. The lowest BCUT2D eigenvalue weighted by Gasteiger charge is -2.06. The molecule has 1 aliphatic carbocycles. The lowest BCUT2D eigenvalue weighted by molar-refractivity contribution is -0.137. The molecule has 1 aromatic heterocycles. The van der Waals surface area contributed by atoms with Crippen LogP contribution in [0, 0.1) is 0 Å². The highest BCUT2D eigenvalue weighted by Gasteiger charge is 2.37. The van der Waals surface area contributed by atoms with Gasteiger partial charge in [0.1, 0.15) is 11.5 Å². The van der Waals surface area contributed by atoms with Gasteiger partial charge in [-0.25, -0.2) is 0 Å². The molecule has 2 aromatic rings. The first-order valence-corrected chi connectivity index (χ1v) is 5.98. The summed E-state index contributed by atoms with van der Waals surface area (Å²) in [6, 6.07) is 8.69. The van der Waals surface area contributed by atoms with E-state index in [-0.39, 0.29) is 12.0 Å². The van der Waals surface area contributed by atoms with E-state index in [1.165, 1.54) is 12.1 Å². The van der Waals surface area contributed by atoms with Crippen molar-refractivity contribution in [2.45, 2.75) is 24.6 Å². The van der Waals surface area contributed by atoms with Crippen LogP contribution in [0.15, 0.2) is 40.8 Å². The Labute approximate surface area is 108 Å². The first kappa shape index (κ1) is 12.3. The minimum atomic E-state index is -4.31. The van der Waals surface area contributed by atoms with Crippen molar-refractivity contribution in [3.63, 3.8) is 0 Å². The van der Waals surface area contributed by atoms with Gasteiger partial charge in [0.05, 0.1) is 5.56 Å². The Kier molecular flexibility index (Phi) is 2.67. The topological polar surface area (TPSA) is 39.2 Å². The third-order valence-corrected chi connectivity index (χ3v) is 3.33. The van der Waals surface area contributed by atoms with Crippen molar-refractivity contribution in [1.82, 2.24) is 0 Å². The zero-order valence-electron chi connectivity index (χ0n) is 9.95. The largest absolute Gasteiger partial charge is 0.461 e. The Balaban J connectivity index is 1.84. The van der Waals surface area contributed by atoms with Crippen LogP contribution in [-0.4, -0.2) is 6.04 Å². The van der Waals surface area contributed by atoms with E-state index in [1.807, 2.05) is 6.07 Å². The van der Waals surface area contributed by atoms with Crippen LogP contribution in [0.5, 0.6) is 0 Å². The van der Waals surface area contributed by atoms with Gasteiger partial charge >= 0.3 is 6.18 Å². The van der Waals surface area contributed by atoms with Gasteiger partial charge in [-0.15, -0.1) is 0 Å². The van der Waals surface area contributed by atoms with Crippen molar-refractivity contribution in [2.24, 2.45) is 5.73 Å². The van der Waals surface area contributed by atoms with Gasteiger partial charge in [-0.05, 0) is 30.7 Å². The first-order chi connectivity index (χ1) is 8.95. The Morgan fingerprint density at radius 2 is 1.68 bits per heavy atom.